The Labute approximate surface area is 111 Å². The van der Waals surface area contributed by atoms with E-state index < -0.39 is 10.0 Å². The van der Waals surface area contributed by atoms with Gasteiger partial charge in [0.1, 0.15) is 0 Å². The van der Waals surface area contributed by atoms with Gasteiger partial charge in [-0.15, -0.1) is 11.6 Å². The first kappa shape index (κ1) is 15.3. The van der Waals surface area contributed by atoms with Gasteiger partial charge in [0.25, 0.3) is 0 Å². The SMILES string of the molecule is CCCN(CCCl)S(=O)(=O)CC1CCCCC1. The van der Waals surface area contributed by atoms with Crippen molar-refractivity contribution in [3.05, 3.63) is 0 Å². The van der Waals surface area contributed by atoms with Crippen LogP contribution in [0.25, 0.3) is 0 Å². The van der Waals surface area contributed by atoms with Gasteiger partial charge >= 0.3 is 0 Å². The Kier molecular flexibility index (Phi) is 6.82. The second-order valence-electron chi connectivity index (χ2n) is 4.87. The lowest BCUT2D eigenvalue weighted by molar-refractivity contribution is 0.369. The average Bonchev–Trinajstić information content (AvgIpc) is 2.29. The van der Waals surface area contributed by atoms with Crippen molar-refractivity contribution in [1.82, 2.24) is 4.31 Å². The van der Waals surface area contributed by atoms with E-state index in [1.807, 2.05) is 6.92 Å². The van der Waals surface area contributed by atoms with Crippen LogP contribution in [0.4, 0.5) is 0 Å². The third-order valence-electron chi connectivity index (χ3n) is 3.37. The van der Waals surface area contributed by atoms with E-state index in [0.717, 1.165) is 19.3 Å². The van der Waals surface area contributed by atoms with Crippen molar-refractivity contribution >= 4 is 21.6 Å². The first-order chi connectivity index (χ1) is 8.10. The summed E-state index contributed by atoms with van der Waals surface area (Å²) in [5.41, 5.74) is 0. The number of alkyl halides is 1. The second kappa shape index (κ2) is 7.59. The minimum absolute atomic E-state index is 0.323. The fourth-order valence-corrected chi connectivity index (χ4v) is 4.77. The molecule has 0 unspecified atom stereocenters. The summed E-state index contributed by atoms with van der Waals surface area (Å²) < 4.78 is 26.1. The molecule has 0 atom stereocenters. The van der Waals surface area contributed by atoms with Crippen molar-refractivity contribution in [2.24, 2.45) is 5.92 Å². The zero-order valence-electron chi connectivity index (χ0n) is 10.7. The predicted octanol–water partition coefficient (Wildman–Crippen LogP) is 2.85. The molecule has 0 aliphatic heterocycles. The first-order valence-corrected chi connectivity index (χ1v) is 8.78. The average molecular weight is 282 g/mol. The summed E-state index contributed by atoms with van der Waals surface area (Å²) in [5, 5.41) is 0. The maximum atomic E-state index is 12.2. The molecule has 5 heteroatoms. The van der Waals surface area contributed by atoms with E-state index in [2.05, 4.69) is 0 Å². The highest BCUT2D eigenvalue weighted by Gasteiger charge is 2.26. The number of halogens is 1. The molecule has 1 saturated carbocycles. The van der Waals surface area contributed by atoms with Crippen LogP contribution < -0.4 is 0 Å². The molecule has 0 heterocycles. The fraction of sp³-hybridized carbons (Fsp3) is 1.00. The van der Waals surface area contributed by atoms with Gasteiger partial charge in [-0.2, -0.15) is 0 Å². The Hall–Kier alpha value is 0.200. The van der Waals surface area contributed by atoms with Crippen molar-refractivity contribution in [2.45, 2.75) is 45.4 Å². The van der Waals surface area contributed by atoms with Gasteiger partial charge in [-0.25, -0.2) is 12.7 Å². The van der Waals surface area contributed by atoms with Crippen molar-refractivity contribution < 1.29 is 8.42 Å². The lowest BCUT2D eigenvalue weighted by Gasteiger charge is -2.26. The van der Waals surface area contributed by atoms with Crippen molar-refractivity contribution in [1.29, 1.82) is 0 Å². The van der Waals surface area contributed by atoms with E-state index >= 15 is 0 Å². The smallest absolute Gasteiger partial charge is 0.212 e. The number of nitrogens with zero attached hydrogens (tertiary/aromatic N) is 1. The van der Waals surface area contributed by atoms with Gasteiger partial charge < -0.3 is 0 Å². The number of hydrogen-bond donors (Lipinski definition) is 0. The molecule has 0 saturated heterocycles. The Balaban J connectivity index is 2.56. The number of sulfonamides is 1. The van der Waals surface area contributed by atoms with Crippen LogP contribution in [0.5, 0.6) is 0 Å². The Morgan fingerprint density at radius 1 is 1.18 bits per heavy atom. The second-order valence-corrected chi connectivity index (χ2v) is 7.26. The van der Waals surface area contributed by atoms with E-state index in [1.165, 1.54) is 19.3 Å². The van der Waals surface area contributed by atoms with Crippen molar-refractivity contribution in [2.75, 3.05) is 24.7 Å². The highest BCUT2D eigenvalue weighted by molar-refractivity contribution is 7.89. The quantitative estimate of drug-likeness (QED) is 0.673. The van der Waals surface area contributed by atoms with Gasteiger partial charge in [0.05, 0.1) is 5.75 Å². The minimum Gasteiger partial charge on any atom is -0.212 e. The number of rotatable bonds is 7. The topological polar surface area (TPSA) is 37.4 Å². The zero-order chi connectivity index (χ0) is 12.7. The van der Waals surface area contributed by atoms with Crippen LogP contribution in [0.3, 0.4) is 0 Å². The highest BCUT2D eigenvalue weighted by atomic mass is 35.5. The van der Waals surface area contributed by atoms with Gasteiger partial charge in [-0.1, -0.05) is 26.2 Å². The summed E-state index contributed by atoms with van der Waals surface area (Å²) in [5.74, 6) is 1.07. The summed E-state index contributed by atoms with van der Waals surface area (Å²) in [6.07, 6.45) is 6.62. The molecule has 0 bridgehead atoms. The van der Waals surface area contributed by atoms with Crippen LogP contribution in [-0.2, 0) is 10.0 Å². The number of hydrogen-bond acceptors (Lipinski definition) is 2. The molecule has 0 amide bonds. The maximum absolute atomic E-state index is 12.2. The summed E-state index contributed by atoms with van der Waals surface area (Å²) in [7, 11) is -3.10. The molecule has 0 aromatic carbocycles. The first-order valence-electron chi connectivity index (χ1n) is 6.64. The normalized spacial score (nSPS) is 18.8. The molecule has 102 valence electrons. The van der Waals surface area contributed by atoms with Crippen LogP contribution in [0.1, 0.15) is 45.4 Å². The molecule has 1 fully saturated rings. The summed E-state index contributed by atoms with van der Waals surface area (Å²) >= 11 is 5.67. The van der Waals surface area contributed by atoms with Crippen LogP contribution in [0.15, 0.2) is 0 Å². The van der Waals surface area contributed by atoms with Gasteiger partial charge in [0.2, 0.25) is 10.0 Å². The van der Waals surface area contributed by atoms with Gasteiger partial charge in [-0.05, 0) is 25.2 Å². The Morgan fingerprint density at radius 3 is 2.35 bits per heavy atom. The predicted molar refractivity (Wildman–Crippen MR) is 72.9 cm³/mol. The van der Waals surface area contributed by atoms with E-state index in [1.54, 1.807) is 4.31 Å². The van der Waals surface area contributed by atoms with E-state index in [9.17, 15) is 8.42 Å². The molecule has 0 spiro atoms. The molecule has 1 aliphatic carbocycles. The highest BCUT2D eigenvalue weighted by Crippen LogP contribution is 2.25. The summed E-state index contributed by atoms with van der Waals surface area (Å²) in [6, 6.07) is 0. The summed E-state index contributed by atoms with van der Waals surface area (Å²) in [4.78, 5) is 0. The fourth-order valence-electron chi connectivity index (χ4n) is 2.49. The summed E-state index contributed by atoms with van der Waals surface area (Å²) in [6.45, 7) is 3.05. The molecule has 0 N–H and O–H groups in total. The van der Waals surface area contributed by atoms with E-state index in [0.29, 0.717) is 30.6 Å². The van der Waals surface area contributed by atoms with Crippen LogP contribution in [-0.4, -0.2) is 37.4 Å². The van der Waals surface area contributed by atoms with Crippen LogP contribution >= 0.6 is 11.6 Å². The van der Waals surface area contributed by atoms with E-state index in [-0.39, 0.29) is 0 Å². The van der Waals surface area contributed by atoms with Crippen LogP contribution in [0, 0.1) is 5.92 Å². The molecular weight excluding hydrogens is 258 g/mol. The minimum atomic E-state index is -3.10. The molecule has 1 aliphatic rings. The maximum Gasteiger partial charge on any atom is 0.214 e. The molecular formula is C12H24ClNO2S. The Morgan fingerprint density at radius 2 is 1.82 bits per heavy atom. The molecule has 3 nitrogen and oxygen atoms in total. The van der Waals surface area contributed by atoms with E-state index in [4.69, 9.17) is 11.6 Å². The third-order valence-corrected chi connectivity index (χ3v) is 5.58. The van der Waals surface area contributed by atoms with Crippen LogP contribution in [0.2, 0.25) is 0 Å². The monoisotopic (exact) mass is 281 g/mol. The van der Waals surface area contributed by atoms with Gasteiger partial charge in [0.15, 0.2) is 0 Å². The standard InChI is InChI=1S/C12H24ClNO2S/c1-2-9-14(10-8-13)17(15,16)11-12-6-4-3-5-7-12/h12H,2-11H2,1H3. The molecule has 0 aromatic heterocycles. The molecule has 17 heavy (non-hydrogen) atoms. The van der Waals surface area contributed by atoms with Gasteiger partial charge in [-0.3, -0.25) is 0 Å². The Bertz CT molecular complexity index is 294. The molecule has 0 radical (unpaired) electrons. The molecule has 1 rings (SSSR count). The van der Waals surface area contributed by atoms with Crippen molar-refractivity contribution in [3.63, 3.8) is 0 Å². The molecule has 0 aromatic rings. The third kappa shape index (κ3) is 5.14. The lowest BCUT2D eigenvalue weighted by Crippen LogP contribution is -2.37. The lowest BCUT2D eigenvalue weighted by atomic mass is 9.91. The zero-order valence-corrected chi connectivity index (χ0v) is 12.3. The largest absolute Gasteiger partial charge is 0.214 e. The van der Waals surface area contributed by atoms with Crippen molar-refractivity contribution in [3.8, 4) is 0 Å². The van der Waals surface area contributed by atoms with Gasteiger partial charge in [0, 0.05) is 19.0 Å².